The number of likely N-dealkylation sites (tertiary alicyclic amines) is 1. The van der Waals surface area contributed by atoms with Crippen molar-refractivity contribution in [1.29, 1.82) is 0 Å². The Morgan fingerprint density at radius 2 is 2.17 bits per heavy atom. The molecule has 3 rings (SSSR count). The summed E-state index contributed by atoms with van der Waals surface area (Å²) in [6, 6.07) is 10.4. The quantitative estimate of drug-likeness (QED) is 0.766. The molecule has 0 bridgehead atoms. The molecule has 24 heavy (non-hydrogen) atoms. The van der Waals surface area contributed by atoms with Crippen LogP contribution in [0.4, 0.5) is 5.13 Å². The zero-order chi connectivity index (χ0) is 16.8. The van der Waals surface area contributed by atoms with Crippen LogP contribution in [0.3, 0.4) is 0 Å². The molecule has 1 aliphatic rings. The molecule has 0 saturated carbocycles. The van der Waals surface area contributed by atoms with E-state index in [0.717, 1.165) is 30.5 Å². The lowest BCUT2D eigenvalue weighted by atomic mass is 9.98. The molecule has 1 aromatic heterocycles. The summed E-state index contributed by atoms with van der Waals surface area (Å²) < 4.78 is 5.21. The monoisotopic (exact) mass is 345 g/mol. The van der Waals surface area contributed by atoms with E-state index in [1.54, 1.807) is 18.4 Å². The first-order valence-corrected chi connectivity index (χ1v) is 9.57. The van der Waals surface area contributed by atoms with E-state index in [2.05, 4.69) is 46.5 Å². The molecule has 0 N–H and O–H groups in total. The summed E-state index contributed by atoms with van der Waals surface area (Å²) in [6.45, 7) is 5.33. The SMILES string of the molecule is COCCN1CCCC(CN(C)c2nc(-c3ccccc3)cs2)C1. The van der Waals surface area contributed by atoms with Gasteiger partial charge in [0.1, 0.15) is 0 Å². The number of ether oxygens (including phenoxy) is 1. The first-order valence-electron chi connectivity index (χ1n) is 8.69. The van der Waals surface area contributed by atoms with Gasteiger partial charge in [-0.25, -0.2) is 4.98 Å². The zero-order valence-corrected chi connectivity index (χ0v) is 15.5. The third-order valence-electron chi connectivity index (χ3n) is 4.63. The summed E-state index contributed by atoms with van der Waals surface area (Å²) in [4.78, 5) is 9.68. The van der Waals surface area contributed by atoms with Gasteiger partial charge in [-0.3, -0.25) is 0 Å². The summed E-state index contributed by atoms with van der Waals surface area (Å²) in [5.41, 5.74) is 2.27. The molecule has 4 nitrogen and oxygen atoms in total. The van der Waals surface area contributed by atoms with Crippen LogP contribution in [0.1, 0.15) is 12.8 Å². The predicted molar refractivity (Wildman–Crippen MR) is 102 cm³/mol. The number of hydrogen-bond acceptors (Lipinski definition) is 5. The smallest absolute Gasteiger partial charge is 0.185 e. The van der Waals surface area contributed by atoms with Crippen LogP contribution in [-0.2, 0) is 4.74 Å². The molecule has 2 aromatic rings. The highest BCUT2D eigenvalue weighted by Gasteiger charge is 2.21. The Morgan fingerprint density at radius 3 is 2.96 bits per heavy atom. The maximum atomic E-state index is 5.21. The molecule has 1 aliphatic heterocycles. The van der Waals surface area contributed by atoms with Gasteiger partial charge in [0.25, 0.3) is 0 Å². The number of rotatable bonds is 7. The van der Waals surface area contributed by atoms with Crippen molar-refractivity contribution in [1.82, 2.24) is 9.88 Å². The second-order valence-electron chi connectivity index (χ2n) is 6.56. The predicted octanol–water partition coefficient (Wildman–Crippen LogP) is 3.60. The second-order valence-corrected chi connectivity index (χ2v) is 7.40. The molecular weight excluding hydrogens is 318 g/mol. The van der Waals surface area contributed by atoms with Crippen LogP contribution in [0.5, 0.6) is 0 Å². The Hall–Kier alpha value is -1.43. The number of benzene rings is 1. The Kier molecular flexibility index (Phi) is 6.24. The van der Waals surface area contributed by atoms with E-state index in [4.69, 9.17) is 9.72 Å². The Bertz CT molecular complexity index is 616. The maximum absolute atomic E-state index is 5.21. The molecule has 0 spiro atoms. The Balaban J connectivity index is 1.57. The van der Waals surface area contributed by atoms with E-state index in [1.807, 2.05) is 6.07 Å². The number of anilines is 1. The van der Waals surface area contributed by atoms with Gasteiger partial charge >= 0.3 is 0 Å². The van der Waals surface area contributed by atoms with Crippen molar-refractivity contribution in [2.75, 3.05) is 51.8 Å². The third kappa shape index (κ3) is 4.56. The van der Waals surface area contributed by atoms with Crippen molar-refractivity contribution in [2.45, 2.75) is 12.8 Å². The van der Waals surface area contributed by atoms with Crippen LogP contribution < -0.4 is 4.90 Å². The number of thiazole rings is 1. The Labute approximate surface area is 149 Å². The first-order chi connectivity index (χ1) is 11.8. The molecular formula is C19H27N3OS. The van der Waals surface area contributed by atoms with Crippen LogP contribution in [-0.4, -0.2) is 56.8 Å². The highest BCUT2D eigenvalue weighted by molar-refractivity contribution is 7.14. The van der Waals surface area contributed by atoms with E-state index in [-0.39, 0.29) is 0 Å². The van der Waals surface area contributed by atoms with Gasteiger partial charge in [0.2, 0.25) is 0 Å². The summed E-state index contributed by atoms with van der Waals surface area (Å²) in [6.07, 6.45) is 2.60. The van der Waals surface area contributed by atoms with Gasteiger partial charge in [0, 0.05) is 44.7 Å². The van der Waals surface area contributed by atoms with E-state index in [1.165, 1.54) is 31.5 Å². The first kappa shape index (κ1) is 17.4. The van der Waals surface area contributed by atoms with E-state index >= 15 is 0 Å². The fourth-order valence-electron chi connectivity index (χ4n) is 3.37. The topological polar surface area (TPSA) is 28.6 Å². The van der Waals surface area contributed by atoms with Crippen LogP contribution in [0.2, 0.25) is 0 Å². The minimum Gasteiger partial charge on any atom is -0.383 e. The van der Waals surface area contributed by atoms with Gasteiger partial charge in [-0.1, -0.05) is 30.3 Å². The molecule has 0 amide bonds. The molecule has 0 aliphatic carbocycles. The molecule has 130 valence electrons. The van der Waals surface area contributed by atoms with Crippen LogP contribution in [0.25, 0.3) is 11.3 Å². The number of hydrogen-bond donors (Lipinski definition) is 0. The molecule has 1 fully saturated rings. The molecule has 1 saturated heterocycles. The van der Waals surface area contributed by atoms with Gasteiger partial charge in [-0.2, -0.15) is 0 Å². The third-order valence-corrected chi connectivity index (χ3v) is 5.59. The van der Waals surface area contributed by atoms with Gasteiger partial charge in [-0.15, -0.1) is 11.3 Å². The maximum Gasteiger partial charge on any atom is 0.185 e. The van der Waals surface area contributed by atoms with Gasteiger partial charge in [-0.05, 0) is 25.3 Å². The molecule has 1 unspecified atom stereocenters. The number of aromatic nitrogens is 1. The number of methoxy groups -OCH3 is 1. The second kappa shape index (κ2) is 8.60. The molecule has 5 heteroatoms. The summed E-state index contributed by atoms with van der Waals surface area (Å²) in [5.74, 6) is 0.713. The van der Waals surface area contributed by atoms with Crippen LogP contribution in [0.15, 0.2) is 35.7 Å². The van der Waals surface area contributed by atoms with Crippen LogP contribution in [0, 0.1) is 5.92 Å². The molecule has 2 heterocycles. The highest BCUT2D eigenvalue weighted by Crippen LogP contribution is 2.28. The lowest BCUT2D eigenvalue weighted by Crippen LogP contribution is -2.41. The molecule has 1 atom stereocenters. The lowest BCUT2D eigenvalue weighted by molar-refractivity contribution is 0.116. The van der Waals surface area contributed by atoms with Crippen molar-refractivity contribution in [3.8, 4) is 11.3 Å². The van der Waals surface area contributed by atoms with Gasteiger partial charge in [0.05, 0.1) is 12.3 Å². The van der Waals surface area contributed by atoms with Crippen LogP contribution >= 0.6 is 11.3 Å². The zero-order valence-electron chi connectivity index (χ0n) is 14.6. The standard InChI is InChI=1S/C19H27N3OS/c1-21(13-16-7-6-10-22(14-16)11-12-23-2)19-20-18(15-24-19)17-8-4-3-5-9-17/h3-5,8-9,15-16H,6-7,10-14H2,1-2H3. The molecule has 0 radical (unpaired) electrons. The fourth-order valence-corrected chi connectivity index (χ4v) is 4.18. The highest BCUT2D eigenvalue weighted by atomic mass is 32.1. The van der Waals surface area contributed by atoms with Crippen molar-refractivity contribution in [3.63, 3.8) is 0 Å². The minimum absolute atomic E-state index is 0.713. The number of nitrogens with zero attached hydrogens (tertiary/aromatic N) is 3. The molecule has 1 aromatic carbocycles. The van der Waals surface area contributed by atoms with Crippen molar-refractivity contribution >= 4 is 16.5 Å². The van der Waals surface area contributed by atoms with Gasteiger partial charge < -0.3 is 14.5 Å². The average molecular weight is 346 g/mol. The van der Waals surface area contributed by atoms with Crippen molar-refractivity contribution in [3.05, 3.63) is 35.7 Å². The fraction of sp³-hybridized carbons (Fsp3) is 0.526. The summed E-state index contributed by atoms with van der Waals surface area (Å²) in [5, 5.41) is 3.27. The van der Waals surface area contributed by atoms with E-state index < -0.39 is 0 Å². The van der Waals surface area contributed by atoms with Gasteiger partial charge in [0.15, 0.2) is 5.13 Å². The minimum atomic E-state index is 0.713. The summed E-state index contributed by atoms with van der Waals surface area (Å²) >= 11 is 1.74. The normalized spacial score (nSPS) is 18.7. The average Bonchev–Trinajstić information content (AvgIpc) is 3.11. The Morgan fingerprint density at radius 1 is 1.33 bits per heavy atom. The van der Waals surface area contributed by atoms with Crippen molar-refractivity contribution < 1.29 is 4.74 Å². The number of piperidine rings is 1. The lowest BCUT2D eigenvalue weighted by Gasteiger charge is -2.34. The largest absolute Gasteiger partial charge is 0.383 e. The van der Waals surface area contributed by atoms with E-state index in [9.17, 15) is 0 Å². The van der Waals surface area contributed by atoms with E-state index in [0.29, 0.717) is 5.92 Å². The summed E-state index contributed by atoms with van der Waals surface area (Å²) in [7, 11) is 3.95. The van der Waals surface area contributed by atoms with Crippen molar-refractivity contribution in [2.24, 2.45) is 5.92 Å².